The van der Waals surface area contributed by atoms with Crippen LogP contribution < -0.4 is 11.1 Å². The summed E-state index contributed by atoms with van der Waals surface area (Å²) >= 11 is 0. The summed E-state index contributed by atoms with van der Waals surface area (Å²) < 4.78 is 0. The largest absolute Gasteiger partial charge is 0.370 e. The lowest BCUT2D eigenvalue weighted by molar-refractivity contribution is 0.565. The number of nitrogens with two attached hydrogens (primary N) is 1. The number of aryl methyl sites for hydroxylation is 1. The van der Waals surface area contributed by atoms with Gasteiger partial charge in [0.2, 0.25) is 0 Å². The molecular formula is C12H20N4. The van der Waals surface area contributed by atoms with Gasteiger partial charge in [-0.1, -0.05) is 6.92 Å². The van der Waals surface area contributed by atoms with Crippen molar-refractivity contribution in [2.24, 2.45) is 11.7 Å². The first-order valence-corrected chi connectivity index (χ1v) is 6.08. The Hall–Kier alpha value is -1.16. The number of nitrogens with one attached hydrogen (secondary N) is 1. The lowest BCUT2D eigenvalue weighted by atomic mass is 10.1. The summed E-state index contributed by atoms with van der Waals surface area (Å²) in [6, 6.07) is 2.43. The number of rotatable bonds is 4. The van der Waals surface area contributed by atoms with Gasteiger partial charge in [-0.3, -0.25) is 0 Å². The fourth-order valence-corrected chi connectivity index (χ4v) is 2.24. The Bertz CT molecular complexity index is 340. The van der Waals surface area contributed by atoms with Crippen LogP contribution in [-0.4, -0.2) is 22.6 Å². The molecule has 0 saturated heterocycles. The van der Waals surface area contributed by atoms with Gasteiger partial charge in [-0.15, -0.1) is 0 Å². The lowest BCUT2D eigenvalue weighted by Crippen LogP contribution is -2.18. The maximum Gasteiger partial charge on any atom is 0.129 e. The van der Waals surface area contributed by atoms with Crippen molar-refractivity contribution in [1.29, 1.82) is 0 Å². The second kappa shape index (κ2) is 5.25. The fourth-order valence-electron chi connectivity index (χ4n) is 2.24. The van der Waals surface area contributed by atoms with Crippen molar-refractivity contribution in [2.75, 3.05) is 11.9 Å². The molecule has 0 spiro atoms. The summed E-state index contributed by atoms with van der Waals surface area (Å²) in [5, 5.41) is 3.38. The van der Waals surface area contributed by atoms with Crippen LogP contribution in [-0.2, 0) is 6.42 Å². The highest BCUT2D eigenvalue weighted by Gasteiger charge is 2.21. The maximum absolute atomic E-state index is 5.89. The molecule has 16 heavy (non-hydrogen) atoms. The van der Waals surface area contributed by atoms with Gasteiger partial charge in [0.25, 0.3) is 0 Å². The summed E-state index contributed by atoms with van der Waals surface area (Å²) in [4.78, 5) is 8.39. The zero-order valence-corrected chi connectivity index (χ0v) is 9.82. The highest BCUT2D eigenvalue weighted by atomic mass is 15.0. The minimum absolute atomic E-state index is 0.406. The molecule has 88 valence electrons. The molecule has 2 unspecified atom stereocenters. The molecule has 2 rings (SSSR count). The van der Waals surface area contributed by atoms with Crippen LogP contribution in [0.4, 0.5) is 5.82 Å². The minimum Gasteiger partial charge on any atom is -0.370 e. The highest BCUT2D eigenvalue weighted by molar-refractivity contribution is 5.34. The van der Waals surface area contributed by atoms with E-state index in [1.807, 2.05) is 6.07 Å². The summed E-state index contributed by atoms with van der Waals surface area (Å²) in [6.45, 7) is 3.08. The van der Waals surface area contributed by atoms with Crippen LogP contribution in [0.1, 0.15) is 31.9 Å². The Morgan fingerprint density at radius 2 is 2.31 bits per heavy atom. The molecule has 4 nitrogen and oxygen atoms in total. The average Bonchev–Trinajstić information content (AvgIpc) is 2.73. The van der Waals surface area contributed by atoms with E-state index in [0.29, 0.717) is 12.0 Å². The topological polar surface area (TPSA) is 63.8 Å². The summed E-state index contributed by atoms with van der Waals surface area (Å²) in [5.41, 5.74) is 6.97. The quantitative estimate of drug-likeness (QED) is 0.808. The van der Waals surface area contributed by atoms with Crippen molar-refractivity contribution < 1.29 is 0 Å². The first-order chi connectivity index (χ1) is 7.78. The molecular weight excluding hydrogens is 200 g/mol. The van der Waals surface area contributed by atoms with Crippen molar-refractivity contribution >= 4 is 5.82 Å². The SMILES string of the molecule is CCc1cc(NCC2CCC(N)C2)ncn1. The van der Waals surface area contributed by atoms with E-state index in [1.54, 1.807) is 6.33 Å². The second-order valence-corrected chi connectivity index (χ2v) is 4.57. The smallest absolute Gasteiger partial charge is 0.129 e. The molecule has 1 aromatic rings. The number of hydrogen-bond acceptors (Lipinski definition) is 4. The first kappa shape index (κ1) is 11.3. The molecule has 2 atom stereocenters. The van der Waals surface area contributed by atoms with Crippen LogP contribution in [0.5, 0.6) is 0 Å². The van der Waals surface area contributed by atoms with Gasteiger partial charge in [-0.25, -0.2) is 9.97 Å². The van der Waals surface area contributed by atoms with Gasteiger partial charge in [0.15, 0.2) is 0 Å². The Morgan fingerprint density at radius 1 is 1.44 bits per heavy atom. The van der Waals surface area contributed by atoms with E-state index in [1.165, 1.54) is 6.42 Å². The van der Waals surface area contributed by atoms with Crippen LogP contribution >= 0.6 is 0 Å². The zero-order valence-electron chi connectivity index (χ0n) is 9.82. The first-order valence-electron chi connectivity index (χ1n) is 6.08. The Balaban J connectivity index is 1.84. The van der Waals surface area contributed by atoms with Crippen LogP contribution in [0.3, 0.4) is 0 Å². The molecule has 1 fully saturated rings. The second-order valence-electron chi connectivity index (χ2n) is 4.57. The van der Waals surface area contributed by atoms with E-state index in [0.717, 1.165) is 37.3 Å². The molecule has 0 bridgehead atoms. The molecule has 0 radical (unpaired) electrons. The fraction of sp³-hybridized carbons (Fsp3) is 0.667. The maximum atomic E-state index is 5.89. The third-order valence-electron chi connectivity index (χ3n) is 3.24. The van der Waals surface area contributed by atoms with E-state index >= 15 is 0 Å². The molecule has 1 aromatic heterocycles. The predicted molar refractivity (Wildman–Crippen MR) is 65.2 cm³/mol. The Kier molecular flexibility index (Phi) is 3.72. The van der Waals surface area contributed by atoms with Crippen molar-refractivity contribution in [3.63, 3.8) is 0 Å². The van der Waals surface area contributed by atoms with Crippen molar-refractivity contribution in [3.05, 3.63) is 18.1 Å². The normalized spacial score (nSPS) is 24.6. The van der Waals surface area contributed by atoms with Gasteiger partial charge in [0, 0.05) is 24.3 Å². The van der Waals surface area contributed by atoms with Gasteiger partial charge in [0.1, 0.15) is 12.1 Å². The molecule has 1 saturated carbocycles. The molecule has 1 aliphatic rings. The van der Waals surface area contributed by atoms with Gasteiger partial charge in [-0.2, -0.15) is 0 Å². The van der Waals surface area contributed by atoms with Crippen LogP contribution in [0, 0.1) is 5.92 Å². The van der Waals surface area contributed by atoms with E-state index in [2.05, 4.69) is 22.2 Å². The van der Waals surface area contributed by atoms with E-state index in [4.69, 9.17) is 5.73 Å². The third kappa shape index (κ3) is 2.92. The number of anilines is 1. The molecule has 0 aliphatic heterocycles. The van der Waals surface area contributed by atoms with E-state index in [-0.39, 0.29) is 0 Å². The van der Waals surface area contributed by atoms with Crippen molar-refractivity contribution in [1.82, 2.24) is 9.97 Å². The molecule has 0 amide bonds. The van der Waals surface area contributed by atoms with Gasteiger partial charge < -0.3 is 11.1 Å². The molecule has 3 N–H and O–H groups in total. The van der Waals surface area contributed by atoms with Crippen LogP contribution in [0.25, 0.3) is 0 Å². The van der Waals surface area contributed by atoms with E-state index < -0.39 is 0 Å². The van der Waals surface area contributed by atoms with Crippen molar-refractivity contribution in [2.45, 2.75) is 38.6 Å². The third-order valence-corrected chi connectivity index (χ3v) is 3.24. The Labute approximate surface area is 96.7 Å². The van der Waals surface area contributed by atoms with Crippen LogP contribution in [0.15, 0.2) is 12.4 Å². The molecule has 4 heteroatoms. The number of hydrogen-bond donors (Lipinski definition) is 2. The summed E-state index contributed by atoms with van der Waals surface area (Å²) in [7, 11) is 0. The number of nitrogens with zero attached hydrogens (tertiary/aromatic N) is 2. The van der Waals surface area contributed by atoms with Gasteiger partial charge in [-0.05, 0) is 31.6 Å². The zero-order chi connectivity index (χ0) is 11.4. The molecule has 1 heterocycles. The standard InChI is InChI=1S/C12H20N4/c1-2-11-6-12(16-8-15-11)14-7-9-3-4-10(13)5-9/h6,8-10H,2-5,7,13H2,1H3,(H,14,15,16). The lowest BCUT2D eigenvalue weighted by Gasteiger charge is -2.11. The van der Waals surface area contributed by atoms with Crippen molar-refractivity contribution in [3.8, 4) is 0 Å². The average molecular weight is 220 g/mol. The monoisotopic (exact) mass is 220 g/mol. The summed E-state index contributed by atoms with van der Waals surface area (Å²) in [6.07, 6.45) is 6.11. The van der Waals surface area contributed by atoms with Gasteiger partial charge in [0.05, 0.1) is 0 Å². The van der Waals surface area contributed by atoms with Gasteiger partial charge >= 0.3 is 0 Å². The Morgan fingerprint density at radius 3 is 3.00 bits per heavy atom. The van der Waals surface area contributed by atoms with Crippen LogP contribution in [0.2, 0.25) is 0 Å². The summed E-state index contributed by atoms with van der Waals surface area (Å²) in [5.74, 6) is 1.64. The molecule has 0 aromatic carbocycles. The predicted octanol–water partition coefficient (Wildman–Crippen LogP) is 1.58. The number of aromatic nitrogens is 2. The van der Waals surface area contributed by atoms with E-state index in [9.17, 15) is 0 Å². The highest BCUT2D eigenvalue weighted by Crippen LogP contribution is 2.24. The minimum atomic E-state index is 0.406. The molecule has 1 aliphatic carbocycles.